The summed E-state index contributed by atoms with van der Waals surface area (Å²) in [5.74, 6) is -0.225. The molecule has 1 aromatic rings. The standard InChI is InChI=1S/C11H16FN3O/c1-8-6-10(12)3-2-9(8)7-14-4-5-15-11(13)16/h2-3,6,14H,4-5,7H2,1H3,(H3,13,15,16). The summed E-state index contributed by atoms with van der Waals surface area (Å²) in [7, 11) is 0. The Kier molecular flexibility index (Phi) is 4.72. The van der Waals surface area contributed by atoms with E-state index in [2.05, 4.69) is 10.6 Å². The van der Waals surface area contributed by atoms with E-state index in [0.29, 0.717) is 19.6 Å². The summed E-state index contributed by atoms with van der Waals surface area (Å²) in [6, 6.07) is 4.16. The minimum atomic E-state index is -0.528. The first-order valence-electron chi connectivity index (χ1n) is 5.08. The fraction of sp³-hybridized carbons (Fsp3) is 0.364. The summed E-state index contributed by atoms with van der Waals surface area (Å²) in [6.45, 7) is 3.61. The Labute approximate surface area is 94.0 Å². The highest BCUT2D eigenvalue weighted by molar-refractivity contribution is 5.71. The van der Waals surface area contributed by atoms with Gasteiger partial charge in [-0.1, -0.05) is 6.07 Å². The molecule has 0 bridgehead atoms. The van der Waals surface area contributed by atoms with Gasteiger partial charge in [0.1, 0.15) is 5.82 Å². The molecular weight excluding hydrogens is 209 g/mol. The number of rotatable bonds is 5. The molecule has 0 atom stereocenters. The number of urea groups is 1. The van der Waals surface area contributed by atoms with E-state index in [9.17, 15) is 9.18 Å². The highest BCUT2D eigenvalue weighted by atomic mass is 19.1. The molecular formula is C11H16FN3O. The maximum absolute atomic E-state index is 12.8. The van der Waals surface area contributed by atoms with E-state index < -0.39 is 6.03 Å². The second-order valence-corrected chi connectivity index (χ2v) is 3.54. The second kappa shape index (κ2) is 6.07. The number of amides is 2. The Morgan fingerprint density at radius 1 is 1.44 bits per heavy atom. The van der Waals surface area contributed by atoms with Gasteiger partial charge >= 0.3 is 6.03 Å². The monoisotopic (exact) mass is 225 g/mol. The predicted octanol–water partition coefficient (Wildman–Crippen LogP) is 0.892. The van der Waals surface area contributed by atoms with Crippen molar-refractivity contribution in [1.29, 1.82) is 0 Å². The van der Waals surface area contributed by atoms with Gasteiger partial charge in [-0.15, -0.1) is 0 Å². The van der Waals surface area contributed by atoms with Crippen LogP contribution < -0.4 is 16.4 Å². The summed E-state index contributed by atoms with van der Waals surface area (Å²) in [4.78, 5) is 10.4. The molecule has 0 radical (unpaired) electrons. The Morgan fingerprint density at radius 3 is 2.81 bits per heavy atom. The molecule has 0 unspecified atom stereocenters. The summed E-state index contributed by atoms with van der Waals surface area (Å²) in [5.41, 5.74) is 6.86. The number of nitrogens with one attached hydrogen (secondary N) is 2. The molecule has 1 rings (SSSR count). The lowest BCUT2D eigenvalue weighted by molar-refractivity contribution is 0.249. The maximum Gasteiger partial charge on any atom is 0.312 e. The molecule has 1 aromatic carbocycles. The van der Waals surface area contributed by atoms with Gasteiger partial charge in [0.25, 0.3) is 0 Å². The van der Waals surface area contributed by atoms with Crippen molar-refractivity contribution >= 4 is 6.03 Å². The fourth-order valence-corrected chi connectivity index (χ4v) is 1.35. The van der Waals surface area contributed by atoms with Crippen LogP contribution in [0.2, 0.25) is 0 Å². The largest absolute Gasteiger partial charge is 0.352 e. The van der Waals surface area contributed by atoms with Crippen molar-refractivity contribution < 1.29 is 9.18 Å². The number of carbonyl (C=O) groups excluding carboxylic acids is 1. The predicted molar refractivity (Wildman–Crippen MR) is 60.4 cm³/mol. The van der Waals surface area contributed by atoms with Crippen LogP contribution in [0.1, 0.15) is 11.1 Å². The SMILES string of the molecule is Cc1cc(F)ccc1CNCCNC(N)=O. The highest BCUT2D eigenvalue weighted by Gasteiger charge is 1.99. The van der Waals surface area contributed by atoms with Crippen LogP contribution in [0.5, 0.6) is 0 Å². The van der Waals surface area contributed by atoms with E-state index >= 15 is 0 Å². The van der Waals surface area contributed by atoms with Gasteiger partial charge in [0, 0.05) is 19.6 Å². The van der Waals surface area contributed by atoms with Crippen molar-refractivity contribution in [3.8, 4) is 0 Å². The number of nitrogens with two attached hydrogens (primary N) is 1. The third kappa shape index (κ3) is 4.27. The molecule has 0 saturated carbocycles. The second-order valence-electron chi connectivity index (χ2n) is 3.54. The smallest absolute Gasteiger partial charge is 0.312 e. The van der Waals surface area contributed by atoms with Gasteiger partial charge in [-0.3, -0.25) is 0 Å². The molecule has 4 N–H and O–H groups in total. The van der Waals surface area contributed by atoms with E-state index in [1.54, 1.807) is 6.07 Å². The van der Waals surface area contributed by atoms with Crippen LogP contribution in [0.25, 0.3) is 0 Å². The minimum absolute atomic E-state index is 0.225. The maximum atomic E-state index is 12.8. The average Bonchev–Trinajstić information content (AvgIpc) is 2.20. The average molecular weight is 225 g/mol. The highest BCUT2D eigenvalue weighted by Crippen LogP contribution is 2.09. The molecule has 0 aromatic heterocycles. The van der Waals surface area contributed by atoms with E-state index in [1.807, 2.05) is 6.92 Å². The lowest BCUT2D eigenvalue weighted by Crippen LogP contribution is -2.35. The molecule has 4 nitrogen and oxygen atoms in total. The number of hydrogen-bond donors (Lipinski definition) is 3. The molecule has 2 amide bonds. The molecule has 16 heavy (non-hydrogen) atoms. The van der Waals surface area contributed by atoms with Crippen LogP contribution in [-0.2, 0) is 6.54 Å². The summed E-state index contributed by atoms with van der Waals surface area (Å²) in [5, 5.41) is 5.60. The number of carbonyl (C=O) groups is 1. The first kappa shape index (κ1) is 12.4. The van der Waals surface area contributed by atoms with Gasteiger partial charge in [0.2, 0.25) is 0 Å². The molecule has 0 saturated heterocycles. The molecule has 5 heteroatoms. The van der Waals surface area contributed by atoms with Crippen molar-refractivity contribution in [1.82, 2.24) is 10.6 Å². The van der Waals surface area contributed by atoms with Crippen LogP contribution in [-0.4, -0.2) is 19.1 Å². The lowest BCUT2D eigenvalue weighted by atomic mass is 10.1. The van der Waals surface area contributed by atoms with Crippen LogP contribution >= 0.6 is 0 Å². The van der Waals surface area contributed by atoms with E-state index in [0.717, 1.165) is 11.1 Å². The van der Waals surface area contributed by atoms with Gasteiger partial charge in [-0.2, -0.15) is 0 Å². The first-order valence-corrected chi connectivity index (χ1v) is 5.08. The molecule has 88 valence electrons. The van der Waals surface area contributed by atoms with Gasteiger partial charge in [0.15, 0.2) is 0 Å². The van der Waals surface area contributed by atoms with Crippen LogP contribution in [0, 0.1) is 12.7 Å². The van der Waals surface area contributed by atoms with E-state index in [-0.39, 0.29) is 5.82 Å². The normalized spacial score (nSPS) is 10.1. The molecule has 0 heterocycles. The van der Waals surface area contributed by atoms with E-state index in [1.165, 1.54) is 12.1 Å². The Hall–Kier alpha value is -1.62. The molecule has 0 fully saturated rings. The van der Waals surface area contributed by atoms with Crippen molar-refractivity contribution in [2.45, 2.75) is 13.5 Å². The zero-order valence-corrected chi connectivity index (χ0v) is 9.22. The van der Waals surface area contributed by atoms with Crippen LogP contribution in [0.15, 0.2) is 18.2 Å². The third-order valence-corrected chi connectivity index (χ3v) is 2.22. The summed E-state index contributed by atoms with van der Waals surface area (Å²) < 4.78 is 12.8. The molecule has 0 aliphatic carbocycles. The van der Waals surface area contributed by atoms with Crippen molar-refractivity contribution in [2.24, 2.45) is 5.73 Å². The number of halogens is 1. The number of primary amides is 1. The minimum Gasteiger partial charge on any atom is -0.352 e. The summed E-state index contributed by atoms with van der Waals surface area (Å²) in [6.07, 6.45) is 0. The van der Waals surface area contributed by atoms with E-state index in [4.69, 9.17) is 5.73 Å². The Balaban J connectivity index is 2.29. The number of benzene rings is 1. The van der Waals surface area contributed by atoms with Crippen LogP contribution in [0.3, 0.4) is 0 Å². The fourth-order valence-electron chi connectivity index (χ4n) is 1.35. The van der Waals surface area contributed by atoms with Crippen molar-refractivity contribution in [3.63, 3.8) is 0 Å². The molecule has 0 aliphatic rings. The zero-order valence-electron chi connectivity index (χ0n) is 9.22. The zero-order chi connectivity index (χ0) is 12.0. The Bertz CT molecular complexity index is 368. The molecule has 0 aliphatic heterocycles. The van der Waals surface area contributed by atoms with Gasteiger partial charge < -0.3 is 16.4 Å². The Morgan fingerprint density at radius 2 is 2.19 bits per heavy atom. The lowest BCUT2D eigenvalue weighted by Gasteiger charge is -2.08. The van der Waals surface area contributed by atoms with Crippen molar-refractivity contribution in [2.75, 3.05) is 13.1 Å². The number of hydrogen-bond acceptors (Lipinski definition) is 2. The van der Waals surface area contributed by atoms with Gasteiger partial charge in [0.05, 0.1) is 0 Å². The number of aryl methyl sites for hydroxylation is 1. The topological polar surface area (TPSA) is 67.2 Å². The van der Waals surface area contributed by atoms with Crippen molar-refractivity contribution in [3.05, 3.63) is 35.1 Å². The van der Waals surface area contributed by atoms with Gasteiger partial charge in [-0.05, 0) is 30.2 Å². The van der Waals surface area contributed by atoms with Crippen LogP contribution in [0.4, 0.5) is 9.18 Å². The quantitative estimate of drug-likeness (QED) is 0.651. The van der Waals surface area contributed by atoms with Gasteiger partial charge in [-0.25, -0.2) is 9.18 Å². The molecule has 0 spiro atoms. The summed E-state index contributed by atoms with van der Waals surface area (Å²) >= 11 is 0. The third-order valence-electron chi connectivity index (χ3n) is 2.22. The first-order chi connectivity index (χ1) is 7.59.